The van der Waals surface area contributed by atoms with Crippen molar-refractivity contribution in [1.82, 2.24) is 0 Å². The topological polar surface area (TPSA) is 6.48 Å². The first-order chi connectivity index (χ1) is 22.3. The van der Waals surface area contributed by atoms with Crippen molar-refractivity contribution in [3.05, 3.63) is 194 Å². The van der Waals surface area contributed by atoms with Gasteiger partial charge in [-0.05, 0) is 77.4 Å². The first-order valence-corrected chi connectivity index (χ1v) is 15.1. The van der Waals surface area contributed by atoms with Crippen molar-refractivity contribution in [3.63, 3.8) is 0 Å². The van der Waals surface area contributed by atoms with Gasteiger partial charge in [0.25, 0.3) is 0 Å². The zero-order valence-corrected chi connectivity index (χ0v) is 24.7. The summed E-state index contributed by atoms with van der Waals surface area (Å²) in [6, 6.07) is 62.8. The fourth-order valence-corrected chi connectivity index (χ4v) is 5.85. The van der Waals surface area contributed by atoms with E-state index in [1.165, 1.54) is 0 Å². The van der Waals surface area contributed by atoms with E-state index in [1.807, 2.05) is 91.0 Å². The van der Waals surface area contributed by atoms with E-state index in [9.17, 15) is 0 Å². The summed E-state index contributed by atoms with van der Waals surface area (Å²) in [5.41, 5.74) is 9.41. The number of benzene rings is 7. The monoisotopic (exact) mass is 582 g/mol. The summed E-state index contributed by atoms with van der Waals surface area (Å²) < 4.78 is 16.1. The molecule has 0 bridgehead atoms. The highest BCUT2D eigenvalue weighted by molar-refractivity contribution is 5.98. The van der Waals surface area contributed by atoms with E-state index in [1.54, 1.807) is 12.1 Å². The zero-order valence-electron chi connectivity index (χ0n) is 24.7. The Morgan fingerprint density at radius 3 is 1.02 bits per heavy atom. The number of hydrogen-bond acceptors (Lipinski definition) is 2. The number of halogens is 1. The largest absolute Gasteiger partial charge is 0.310 e. The van der Waals surface area contributed by atoms with Crippen LogP contribution in [0, 0.1) is 5.82 Å². The van der Waals surface area contributed by atoms with Gasteiger partial charge in [0.05, 0.1) is 11.4 Å². The van der Waals surface area contributed by atoms with Gasteiger partial charge in [-0.1, -0.05) is 127 Å². The third-order valence-electron chi connectivity index (χ3n) is 7.88. The first kappa shape index (κ1) is 27.9. The van der Waals surface area contributed by atoms with Crippen LogP contribution in [0.15, 0.2) is 188 Å². The maximum absolute atomic E-state index is 16.1. The standard InChI is InChI=1S/C42H31FN2/c43-35-30-40(44(36-20-10-3-11-21-36)37-22-12-4-13-23-37)42(34-18-8-2-9-19-34)41(31-35)45(38-24-14-5-15-25-38)39-28-26-33(27-29-39)32-16-6-1-7-17-32/h1-31H. The summed E-state index contributed by atoms with van der Waals surface area (Å²) in [6.07, 6.45) is 0. The number of hydrogen-bond donors (Lipinski definition) is 0. The van der Waals surface area contributed by atoms with Crippen molar-refractivity contribution in [2.45, 2.75) is 0 Å². The maximum atomic E-state index is 16.1. The molecular weight excluding hydrogens is 551 g/mol. The molecule has 45 heavy (non-hydrogen) atoms. The molecule has 0 unspecified atom stereocenters. The minimum absolute atomic E-state index is 0.321. The van der Waals surface area contributed by atoms with Gasteiger partial charge >= 0.3 is 0 Å². The Morgan fingerprint density at radius 1 is 0.311 bits per heavy atom. The van der Waals surface area contributed by atoms with Gasteiger partial charge in [-0.15, -0.1) is 0 Å². The number of rotatable bonds is 8. The van der Waals surface area contributed by atoms with Crippen LogP contribution in [0.5, 0.6) is 0 Å². The predicted molar refractivity (Wildman–Crippen MR) is 187 cm³/mol. The summed E-state index contributed by atoms with van der Waals surface area (Å²) in [5, 5.41) is 0. The molecule has 7 aromatic rings. The Balaban J connectivity index is 1.50. The van der Waals surface area contributed by atoms with E-state index in [-0.39, 0.29) is 5.82 Å². The molecule has 3 heteroatoms. The Morgan fingerprint density at radius 2 is 0.622 bits per heavy atom. The van der Waals surface area contributed by atoms with Crippen molar-refractivity contribution in [2.75, 3.05) is 9.80 Å². The van der Waals surface area contributed by atoms with Gasteiger partial charge in [0, 0.05) is 28.3 Å². The summed E-state index contributed by atoms with van der Waals surface area (Å²) in [7, 11) is 0. The Kier molecular flexibility index (Phi) is 7.89. The van der Waals surface area contributed by atoms with Crippen LogP contribution < -0.4 is 9.80 Å². The molecule has 0 fully saturated rings. The lowest BCUT2D eigenvalue weighted by atomic mass is 9.97. The van der Waals surface area contributed by atoms with Crippen LogP contribution >= 0.6 is 0 Å². The lowest BCUT2D eigenvalue weighted by Gasteiger charge is -2.33. The van der Waals surface area contributed by atoms with Crippen molar-refractivity contribution in [1.29, 1.82) is 0 Å². The van der Waals surface area contributed by atoms with Crippen molar-refractivity contribution >= 4 is 34.1 Å². The number of anilines is 6. The zero-order chi connectivity index (χ0) is 30.4. The second kappa shape index (κ2) is 12.7. The van der Waals surface area contributed by atoms with Crippen molar-refractivity contribution in [2.24, 2.45) is 0 Å². The molecule has 7 rings (SSSR count). The van der Waals surface area contributed by atoms with Gasteiger partial charge in [0.1, 0.15) is 5.82 Å². The van der Waals surface area contributed by atoms with Gasteiger partial charge in [0.2, 0.25) is 0 Å². The van der Waals surface area contributed by atoms with Gasteiger partial charge in [0.15, 0.2) is 0 Å². The molecule has 0 aliphatic heterocycles. The molecule has 0 aliphatic carbocycles. The average Bonchev–Trinajstić information content (AvgIpc) is 3.11. The SMILES string of the molecule is Fc1cc(N(c2ccccc2)c2ccccc2)c(-c2ccccc2)c(N(c2ccccc2)c2ccc(-c3ccccc3)cc2)c1. The van der Waals surface area contributed by atoms with Crippen LogP contribution in [0.4, 0.5) is 38.5 Å². The van der Waals surface area contributed by atoms with E-state index < -0.39 is 0 Å². The smallest absolute Gasteiger partial charge is 0.127 e. The van der Waals surface area contributed by atoms with Crippen LogP contribution in [0.1, 0.15) is 0 Å². The molecule has 7 aromatic carbocycles. The third kappa shape index (κ3) is 5.84. The minimum Gasteiger partial charge on any atom is -0.310 e. The fraction of sp³-hybridized carbons (Fsp3) is 0. The molecule has 0 aliphatic rings. The summed E-state index contributed by atoms with van der Waals surface area (Å²) in [5.74, 6) is -0.321. The van der Waals surface area contributed by atoms with Gasteiger partial charge in [-0.3, -0.25) is 0 Å². The highest BCUT2D eigenvalue weighted by atomic mass is 19.1. The maximum Gasteiger partial charge on any atom is 0.127 e. The van der Waals surface area contributed by atoms with Crippen LogP contribution in [0.2, 0.25) is 0 Å². The second-order valence-corrected chi connectivity index (χ2v) is 10.8. The van der Waals surface area contributed by atoms with Gasteiger partial charge in [-0.25, -0.2) is 4.39 Å². The Hall–Kier alpha value is -5.93. The Bertz CT molecular complexity index is 1940. The van der Waals surface area contributed by atoms with Gasteiger partial charge < -0.3 is 9.80 Å². The number of para-hydroxylation sites is 3. The van der Waals surface area contributed by atoms with Crippen molar-refractivity contribution < 1.29 is 4.39 Å². The quantitative estimate of drug-likeness (QED) is 0.176. The number of nitrogens with zero attached hydrogens (tertiary/aromatic N) is 2. The lowest BCUT2D eigenvalue weighted by molar-refractivity contribution is 0.628. The molecule has 0 spiro atoms. The van der Waals surface area contributed by atoms with E-state index in [4.69, 9.17) is 0 Å². The highest BCUT2D eigenvalue weighted by Gasteiger charge is 2.25. The minimum atomic E-state index is -0.321. The van der Waals surface area contributed by atoms with E-state index in [0.29, 0.717) is 0 Å². The lowest BCUT2D eigenvalue weighted by Crippen LogP contribution is -2.16. The Labute approximate surface area is 263 Å². The average molecular weight is 583 g/mol. The third-order valence-corrected chi connectivity index (χ3v) is 7.88. The van der Waals surface area contributed by atoms with Gasteiger partial charge in [-0.2, -0.15) is 0 Å². The van der Waals surface area contributed by atoms with Crippen LogP contribution in [0.25, 0.3) is 22.3 Å². The van der Waals surface area contributed by atoms with Crippen LogP contribution in [-0.4, -0.2) is 0 Å². The van der Waals surface area contributed by atoms with E-state index in [0.717, 1.165) is 56.4 Å². The normalized spacial score (nSPS) is 10.8. The highest BCUT2D eigenvalue weighted by Crippen LogP contribution is 2.49. The summed E-state index contributed by atoms with van der Waals surface area (Å²) in [6.45, 7) is 0. The molecule has 0 N–H and O–H groups in total. The molecule has 0 saturated heterocycles. The first-order valence-electron chi connectivity index (χ1n) is 15.1. The molecule has 0 radical (unpaired) electrons. The summed E-state index contributed by atoms with van der Waals surface area (Å²) >= 11 is 0. The van der Waals surface area contributed by atoms with Crippen LogP contribution in [0.3, 0.4) is 0 Å². The molecule has 0 amide bonds. The molecule has 2 nitrogen and oxygen atoms in total. The molecule has 0 heterocycles. The predicted octanol–water partition coefficient (Wildman–Crippen LogP) is 12.1. The molecular formula is C42H31FN2. The second-order valence-electron chi connectivity index (χ2n) is 10.8. The van der Waals surface area contributed by atoms with Crippen molar-refractivity contribution in [3.8, 4) is 22.3 Å². The summed E-state index contributed by atoms with van der Waals surface area (Å²) in [4.78, 5) is 4.29. The molecule has 0 saturated carbocycles. The molecule has 0 aromatic heterocycles. The molecule has 0 atom stereocenters. The van der Waals surface area contributed by atoms with E-state index in [2.05, 4.69) is 94.7 Å². The van der Waals surface area contributed by atoms with Crippen LogP contribution in [-0.2, 0) is 0 Å². The fourth-order valence-electron chi connectivity index (χ4n) is 5.85. The molecule has 216 valence electrons. The van der Waals surface area contributed by atoms with E-state index >= 15 is 4.39 Å².